The van der Waals surface area contributed by atoms with Gasteiger partial charge in [0, 0.05) is 230 Å². The number of likely N-dealkylation sites (N-methyl/N-ethyl adjacent to an activating group) is 1. The van der Waals surface area contributed by atoms with Crippen molar-refractivity contribution < 1.29 is 5.11 Å². The minimum Gasteiger partial charge on any atom is -0.392 e. The molecule has 5 aliphatic rings. The molecule has 14 heterocycles. The number of thioether (sulfide) groups is 2. The van der Waals surface area contributed by atoms with Crippen molar-refractivity contribution in [1.29, 1.82) is 0 Å². The number of aryl methyl sites for hydroxylation is 10. The van der Waals surface area contributed by atoms with Crippen molar-refractivity contribution in [2.24, 2.45) is 35.2 Å². The molecule has 748 valence electrons. The maximum absolute atomic E-state index is 12.9. The van der Waals surface area contributed by atoms with E-state index in [4.69, 9.17) is 0 Å². The van der Waals surface area contributed by atoms with Gasteiger partial charge in [-0.15, -0.1) is 23.5 Å². The van der Waals surface area contributed by atoms with Crippen LogP contribution in [0.1, 0.15) is 132 Å². The normalized spacial score (nSPS) is 13.9. The van der Waals surface area contributed by atoms with Crippen molar-refractivity contribution in [3.05, 3.63) is 417 Å². The van der Waals surface area contributed by atoms with Crippen molar-refractivity contribution in [1.82, 2.24) is 65.4 Å². The summed E-state index contributed by atoms with van der Waals surface area (Å²) < 4.78 is 20.2. The Balaban J connectivity index is 0.000000108. The van der Waals surface area contributed by atoms with Gasteiger partial charge in [-0.1, -0.05) is 97.9 Å². The van der Waals surface area contributed by atoms with Crippen LogP contribution >= 0.6 is 23.5 Å². The molecule has 2 aliphatic heterocycles. The van der Waals surface area contributed by atoms with Gasteiger partial charge in [-0.3, -0.25) is 66.6 Å². The quantitative estimate of drug-likeness (QED) is 0.0959. The summed E-state index contributed by atoms with van der Waals surface area (Å²) in [7, 11) is 10.7. The van der Waals surface area contributed by atoms with Gasteiger partial charge >= 0.3 is 0 Å². The van der Waals surface area contributed by atoms with Crippen LogP contribution in [0.2, 0.25) is 0 Å². The minimum absolute atomic E-state index is 0.00485. The van der Waals surface area contributed by atoms with Crippen LogP contribution in [0.25, 0.3) is 139 Å². The Morgan fingerprint density at radius 2 is 0.601 bits per heavy atom. The fraction of sp³-hybridized carbons (Fsp3) is 0.262. The average molecular weight is 2000 g/mol. The molecule has 12 aromatic heterocycles. The lowest BCUT2D eigenvalue weighted by Gasteiger charge is -2.31. The molecule has 0 radical (unpaired) electrons. The van der Waals surface area contributed by atoms with Crippen LogP contribution in [-0.2, 0) is 106 Å². The zero-order valence-corrected chi connectivity index (χ0v) is 88.1. The fourth-order valence-electron chi connectivity index (χ4n) is 22.9. The van der Waals surface area contributed by atoms with Gasteiger partial charge in [0.2, 0.25) is 0 Å². The van der Waals surface area contributed by atoms with Gasteiger partial charge in [0.15, 0.2) is 0 Å². The summed E-state index contributed by atoms with van der Waals surface area (Å²) in [5.74, 6) is 0. The standard InChI is InChI=1S/C26H28N4O.C25H26N4O.C25H24N2O2.2C25H24N2OS/c1-17(2)29-11-10-24-22(16-29)21-7-6-20(14-25(21)28(24)4)30-12-9-19(13-26(30)31)23-8-5-18(3)15-27-23;1-4-28-11-10-23-21(16-28)20-7-6-19(14-24(20)27(23)3)29-12-9-18(13-25(29)30)22-8-5-17(2)15-26-22;1-26-23-5-3-2-4-21(23)22-11-10-20(15-24(22)26)27-13-12-19(14-25(27)29)18-8-6-17(16-28)7-9-18;2*1-26-23-6-4-3-5-21(23)22-12-9-19(16-24(22)26)27-14-13-18(15-25(27)28)17-7-10-20(29-2)11-8-17/h5-9,12-15,17H,10-11,16H2,1-4H3;5-9,12-15H,4,10-11,16H2,1-3H3;6-15,28H,2-5,16H2,1H3;2*7-16H,3-6H2,1-2H3. The Labute approximate surface area is 871 Å². The summed E-state index contributed by atoms with van der Waals surface area (Å²) in [5.41, 5.74) is 37.2. The highest BCUT2D eigenvalue weighted by atomic mass is 32.2. The highest BCUT2D eigenvalue weighted by Gasteiger charge is 2.29. The van der Waals surface area contributed by atoms with E-state index in [1.807, 2.05) is 142 Å². The first-order valence-corrected chi connectivity index (χ1v) is 54.4. The molecule has 148 heavy (non-hydrogen) atoms. The molecule has 25 rings (SSSR count). The Bertz CT molecular complexity index is 8310. The number of benzene rings is 8. The molecule has 0 bridgehead atoms. The van der Waals surface area contributed by atoms with Crippen molar-refractivity contribution >= 4 is 78.0 Å². The van der Waals surface area contributed by atoms with Crippen molar-refractivity contribution in [3.63, 3.8) is 0 Å². The lowest BCUT2D eigenvalue weighted by molar-refractivity contribution is 0.202. The van der Waals surface area contributed by atoms with Gasteiger partial charge in [0.1, 0.15) is 0 Å². The third-order valence-electron chi connectivity index (χ3n) is 31.3. The first kappa shape index (κ1) is 99.1. The highest BCUT2D eigenvalue weighted by molar-refractivity contribution is 7.98. The Morgan fingerprint density at radius 1 is 0.311 bits per heavy atom. The summed E-state index contributed by atoms with van der Waals surface area (Å²) in [4.78, 5) is 80.9. The molecule has 0 saturated heterocycles. The van der Waals surface area contributed by atoms with Gasteiger partial charge in [-0.25, -0.2) is 0 Å². The number of nitrogens with zero attached hydrogens (tertiary/aromatic N) is 14. The number of pyridine rings is 7. The fourth-order valence-corrected chi connectivity index (χ4v) is 23.7. The SMILES string of the molecule is CCN1CCc2c(c3ccc(-n4ccc(-c5ccc(C)cn5)cc4=O)cc3n2C)C1.CSc1ccc(-c2ccn(-c3ccc4c5c(n(C)c4c3)CCCC5)c(=O)c2)cc1.CSc1ccc(-c2ccn(-c3ccc4c5c(n(C)c4c3)CCCC5)c(=O)c2)cc1.Cc1ccc(-c2ccn(-c3ccc4c5c(n(C)c4c3)CCN(C(C)C)C5)c(=O)c2)nc1.Cn1c2c(c3ccc(-n4ccc(-c5ccc(CO)cc5)cc4=O)cc31)CCCC2. The largest absolute Gasteiger partial charge is 0.392 e. The maximum atomic E-state index is 12.9. The Kier molecular flexibility index (Phi) is 28.5. The average Bonchev–Trinajstić information content (AvgIpc) is 1.59. The summed E-state index contributed by atoms with van der Waals surface area (Å²) in [6.07, 6.45) is 33.8. The number of fused-ring (bicyclic) bond motifs is 15. The lowest BCUT2D eigenvalue weighted by atomic mass is 9.95. The maximum Gasteiger partial charge on any atom is 0.255 e. The van der Waals surface area contributed by atoms with Gasteiger partial charge in [0.25, 0.3) is 27.8 Å². The Hall–Kier alpha value is -14.9. The molecule has 20 aromatic rings. The topological polar surface area (TPSA) is 187 Å². The first-order valence-electron chi connectivity index (χ1n) is 51.9. The Morgan fingerprint density at radius 3 is 0.899 bits per heavy atom. The van der Waals surface area contributed by atoms with Gasteiger partial charge in [0.05, 0.1) is 74.0 Å². The second-order valence-corrected chi connectivity index (χ2v) is 42.1. The molecule has 0 spiro atoms. The summed E-state index contributed by atoms with van der Waals surface area (Å²) in [6.45, 7) is 16.0. The highest BCUT2D eigenvalue weighted by Crippen LogP contribution is 2.40. The smallest absolute Gasteiger partial charge is 0.255 e. The molecule has 0 amide bonds. The van der Waals surface area contributed by atoms with E-state index in [-0.39, 0.29) is 34.4 Å². The van der Waals surface area contributed by atoms with Crippen molar-refractivity contribution in [3.8, 4) is 84.3 Å². The van der Waals surface area contributed by atoms with Crippen LogP contribution in [0, 0.1) is 13.8 Å². The van der Waals surface area contributed by atoms with Crippen LogP contribution in [0.15, 0.2) is 326 Å². The van der Waals surface area contributed by atoms with Gasteiger partial charge < -0.3 is 27.9 Å². The van der Waals surface area contributed by atoms with Crippen molar-refractivity contribution in [2.75, 3.05) is 32.1 Å². The number of hydrogen-bond acceptors (Lipinski definition) is 12. The molecule has 3 aliphatic carbocycles. The number of hydrogen-bond donors (Lipinski definition) is 1. The van der Waals surface area contributed by atoms with E-state index < -0.39 is 0 Å². The molecular formula is C126H126N14O6S2. The van der Waals surface area contributed by atoms with Crippen LogP contribution in [0.5, 0.6) is 0 Å². The third-order valence-corrected chi connectivity index (χ3v) is 32.8. The number of aliphatic hydroxyl groups excluding tert-OH is 1. The van der Waals surface area contributed by atoms with Crippen LogP contribution in [-0.4, -0.2) is 109 Å². The van der Waals surface area contributed by atoms with Crippen LogP contribution < -0.4 is 27.8 Å². The molecule has 0 fully saturated rings. The number of aromatic nitrogens is 12. The van der Waals surface area contributed by atoms with E-state index in [0.29, 0.717) is 6.04 Å². The molecular weight excluding hydrogens is 1870 g/mol. The second kappa shape index (κ2) is 42.5. The lowest BCUT2D eigenvalue weighted by Crippen LogP contribution is -2.36. The molecule has 0 saturated carbocycles. The predicted octanol–water partition coefficient (Wildman–Crippen LogP) is 24.1. The third kappa shape index (κ3) is 19.6. The summed E-state index contributed by atoms with van der Waals surface area (Å²) >= 11 is 3.44. The zero-order valence-electron chi connectivity index (χ0n) is 86.5. The van der Waals surface area contributed by atoms with E-state index in [1.165, 1.54) is 159 Å². The molecule has 0 atom stereocenters. The molecule has 0 unspecified atom stereocenters. The minimum atomic E-state index is -0.0517. The molecule has 20 nitrogen and oxygen atoms in total. The van der Waals surface area contributed by atoms with E-state index in [0.717, 1.165) is 185 Å². The summed E-state index contributed by atoms with van der Waals surface area (Å²) in [5, 5.41) is 15.8. The van der Waals surface area contributed by atoms with E-state index in [2.05, 4.69) is 245 Å². The number of aliphatic hydroxyl groups is 1. The molecule has 1 N–H and O–H groups in total. The van der Waals surface area contributed by atoms with Crippen molar-refractivity contribution in [2.45, 2.75) is 160 Å². The van der Waals surface area contributed by atoms with E-state index >= 15 is 0 Å². The van der Waals surface area contributed by atoms with E-state index in [9.17, 15) is 29.1 Å². The molecule has 22 heteroatoms. The van der Waals surface area contributed by atoms with E-state index in [1.54, 1.807) is 76.7 Å². The van der Waals surface area contributed by atoms with Gasteiger partial charge in [-0.05, 0) is 329 Å². The number of rotatable bonds is 15. The summed E-state index contributed by atoms with van der Waals surface area (Å²) in [6, 6.07) is 83.1. The van der Waals surface area contributed by atoms with Crippen LogP contribution in [0.4, 0.5) is 0 Å². The second-order valence-electron chi connectivity index (χ2n) is 40.4. The predicted molar refractivity (Wildman–Crippen MR) is 608 cm³/mol. The monoisotopic (exact) mass is 1990 g/mol. The van der Waals surface area contributed by atoms with Gasteiger partial charge in [-0.2, -0.15) is 0 Å². The van der Waals surface area contributed by atoms with Crippen LogP contribution in [0.3, 0.4) is 0 Å². The zero-order chi connectivity index (χ0) is 102. The molecule has 8 aromatic carbocycles. The first-order chi connectivity index (χ1) is 71.9.